The van der Waals surface area contributed by atoms with Gasteiger partial charge in [0.15, 0.2) is 0 Å². The minimum atomic E-state index is -0.493. The Morgan fingerprint density at radius 1 is 1.45 bits per heavy atom. The number of likely N-dealkylation sites (tertiary alicyclic amines) is 1. The SMILES string of the molecule is CC(C)(C)OC(=O)N1CCC(n2ncc(Br)c2F)CC1. The maximum Gasteiger partial charge on any atom is 0.410 e. The zero-order chi connectivity index (χ0) is 14.9. The first-order chi connectivity index (χ1) is 9.28. The fraction of sp³-hybridized carbons (Fsp3) is 0.692. The highest BCUT2D eigenvalue weighted by molar-refractivity contribution is 9.10. The molecule has 1 aromatic heterocycles. The molecule has 112 valence electrons. The van der Waals surface area contributed by atoms with Gasteiger partial charge < -0.3 is 9.64 Å². The average molecular weight is 348 g/mol. The zero-order valence-electron chi connectivity index (χ0n) is 11.9. The van der Waals surface area contributed by atoms with E-state index in [-0.39, 0.29) is 18.1 Å². The molecule has 2 heterocycles. The highest BCUT2D eigenvalue weighted by atomic mass is 79.9. The van der Waals surface area contributed by atoms with E-state index in [9.17, 15) is 9.18 Å². The smallest absolute Gasteiger partial charge is 0.410 e. The molecular formula is C13H19BrFN3O2. The first-order valence-corrected chi connectivity index (χ1v) is 7.43. The maximum atomic E-state index is 13.8. The molecule has 0 N–H and O–H groups in total. The number of piperidine rings is 1. The van der Waals surface area contributed by atoms with Gasteiger partial charge in [0.25, 0.3) is 0 Å². The zero-order valence-corrected chi connectivity index (χ0v) is 13.5. The van der Waals surface area contributed by atoms with E-state index >= 15 is 0 Å². The van der Waals surface area contributed by atoms with Crippen molar-refractivity contribution < 1.29 is 13.9 Å². The summed E-state index contributed by atoms with van der Waals surface area (Å²) in [6.45, 7) is 6.63. The molecule has 0 aliphatic carbocycles. The molecule has 7 heteroatoms. The third-order valence-electron chi connectivity index (χ3n) is 3.16. The first kappa shape index (κ1) is 15.3. The molecule has 5 nitrogen and oxygen atoms in total. The first-order valence-electron chi connectivity index (χ1n) is 6.64. The Labute approximate surface area is 126 Å². The number of rotatable bonds is 1. The van der Waals surface area contributed by atoms with Gasteiger partial charge in [0.2, 0.25) is 5.95 Å². The molecule has 1 aliphatic heterocycles. The van der Waals surface area contributed by atoms with Crippen LogP contribution in [0.5, 0.6) is 0 Å². The number of aromatic nitrogens is 2. The summed E-state index contributed by atoms with van der Waals surface area (Å²) in [4.78, 5) is 13.6. The molecule has 0 spiro atoms. The Kier molecular flexibility index (Phi) is 4.36. The molecule has 0 aromatic carbocycles. The van der Waals surface area contributed by atoms with Crippen LogP contribution in [0.25, 0.3) is 0 Å². The molecule has 0 unspecified atom stereocenters. The van der Waals surface area contributed by atoms with Crippen molar-refractivity contribution in [3.05, 3.63) is 16.6 Å². The summed E-state index contributed by atoms with van der Waals surface area (Å²) in [5.41, 5.74) is -0.493. The van der Waals surface area contributed by atoms with Gasteiger partial charge >= 0.3 is 6.09 Å². The van der Waals surface area contributed by atoms with Crippen LogP contribution in [-0.4, -0.2) is 39.5 Å². The van der Waals surface area contributed by atoms with Crippen molar-refractivity contribution in [1.82, 2.24) is 14.7 Å². The molecule has 1 amide bonds. The molecule has 20 heavy (non-hydrogen) atoms. The van der Waals surface area contributed by atoms with Crippen molar-refractivity contribution in [2.75, 3.05) is 13.1 Å². The van der Waals surface area contributed by atoms with Gasteiger partial charge in [0.05, 0.1) is 16.7 Å². The van der Waals surface area contributed by atoms with Crippen LogP contribution in [0, 0.1) is 5.95 Å². The minimum absolute atomic E-state index is 0.0139. The number of carbonyl (C=O) groups excluding carboxylic acids is 1. The number of halogens is 2. The Bertz CT molecular complexity index is 490. The van der Waals surface area contributed by atoms with Crippen molar-refractivity contribution in [3.8, 4) is 0 Å². The second-order valence-electron chi connectivity index (χ2n) is 5.93. The quantitative estimate of drug-likeness (QED) is 0.782. The topological polar surface area (TPSA) is 47.4 Å². The van der Waals surface area contributed by atoms with Crippen LogP contribution in [0.15, 0.2) is 10.7 Å². The molecule has 0 atom stereocenters. The van der Waals surface area contributed by atoms with Crippen LogP contribution >= 0.6 is 15.9 Å². The van der Waals surface area contributed by atoms with Gasteiger partial charge in [-0.1, -0.05) is 0 Å². The second kappa shape index (κ2) is 5.71. The Balaban J connectivity index is 1.93. The van der Waals surface area contributed by atoms with Crippen molar-refractivity contribution in [2.45, 2.75) is 45.3 Å². The fourth-order valence-electron chi connectivity index (χ4n) is 2.20. The third kappa shape index (κ3) is 3.50. The van der Waals surface area contributed by atoms with Crippen LogP contribution in [0.3, 0.4) is 0 Å². The number of nitrogens with zero attached hydrogens (tertiary/aromatic N) is 3. The monoisotopic (exact) mass is 347 g/mol. The summed E-state index contributed by atoms with van der Waals surface area (Å²) in [6.07, 6.45) is 2.49. The predicted octanol–water partition coefficient (Wildman–Crippen LogP) is 3.36. The maximum absolute atomic E-state index is 13.8. The molecule has 0 saturated carbocycles. The molecule has 1 saturated heterocycles. The number of hydrogen-bond acceptors (Lipinski definition) is 3. The van der Waals surface area contributed by atoms with Gasteiger partial charge in [-0.15, -0.1) is 0 Å². The summed E-state index contributed by atoms with van der Waals surface area (Å²) in [5.74, 6) is -0.360. The summed E-state index contributed by atoms with van der Waals surface area (Å²) in [6, 6.07) is -0.0139. The molecule has 2 rings (SSSR count). The summed E-state index contributed by atoms with van der Waals surface area (Å²) in [5, 5.41) is 4.03. The van der Waals surface area contributed by atoms with Gasteiger partial charge in [-0.3, -0.25) is 0 Å². The molecule has 1 aromatic rings. The van der Waals surface area contributed by atoms with E-state index in [0.717, 1.165) is 0 Å². The van der Waals surface area contributed by atoms with Crippen LogP contribution < -0.4 is 0 Å². The lowest BCUT2D eigenvalue weighted by Crippen LogP contribution is -2.42. The standard InChI is InChI=1S/C13H19BrFN3O2/c1-13(2,3)20-12(19)17-6-4-9(5-7-17)18-11(15)10(14)8-16-18/h8-9H,4-7H2,1-3H3. The summed E-state index contributed by atoms with van der Waals surface area (Å²) >= 11 is 3.11. The second-order valence-corrected chi connectivity index (χ2v) is 6.78. The molecule has 0 bridgehead atoms. The van der Waals surface area contributed by atoms with Gasteiger partial charge in [-0.2, -0.15) is 9.49 Å². The lowest BCUT2D eigenvalue weighted by atomic mass is 10.1. The van der Waals surface area contributed by atoms with Gasteiger partial charge in [0.1, 0.15) is 5.60 Å². The van der Waals surface area contributed by atoms with E-state index in [1.165, 1.54) is 10.9 Å². The Hall–Kier alpha value is -1.11. The van der Waals surface area contributed by atoms with Crippen LogP contribution in [0.1, 0.15) is 39.7 Å². The van der Waals surface area contributed by atoms with Crippen molar-refractivity contribution in [1.29, 1.82) is 0 Å². The van der Waals surface area contributed by atoms with E-state index in [0.29, 0.717) is 30.4 Å². The predicted molar refractivity (Wildman–Crippen MR) is 76.0 cm³/mol. The van der Waals surface area contributed by atoms with Gasteiger partial charge in [-0.05, 0) is 49.5 Å². The Morgan fingerprint density at radius 3 is 2.50 bits per heavy atom. The lowest BCUT2D eigenvalue weighted by molar-refractivity contribution is 0.0181. The van der Waals surface area contributed by atoms with E-state index < -0.39 is 5.60 Å². The van der Waals surface area contributed by atoms with E-state index in [1.807, 2.05) is 20.8 Å². The van der Waals surface area contributed by atoms with E-state index in [2.05, 4.69) is 21.0 Å². The Morgan fingerprint density at radius 2 is 2.05 bits per heavy atom. The lowest BCUT2D eigenvalue weighted by Gasteiger charge is -2.33. The van der Waals surface area contributed by atoms with Crippen molar-refractivity contribution in [2.24, 2.45) is 0 Å². The normalized spacial score (nSPS) is 17.4. The number of ether oxygens (including phenoxy) is 1. The average Bonchev–Trinajstić information content (AvgIpc) is 2.68. The number of amides is 1. The van der Waals surface area contributed by atoms with E-state index in [1.54, 1.807) is 4.90 Å². The third-order valence-corrected chi connectivity index (χ3v) is 3.69. The van der Waals surface area contributed by atoms with Crippen LogP contribution in [0.4, 0.5) is 9.18 Å². The van der Waals surface area contributed by atoms with Crippen molar-refractivity contribution in [3.63, 3.8) is 0 Å². The number of carbonyl (C=O) groups is 1. The molecule has 1 aliphatic rings. The molecule has 0 radical (unpaired) electrons. The van der Waals surface area contributed by atoms with E-state index in [4.69, 9.17) is 4.74 Å². The highest BCUT2D eigenvalue weighted by Crippen LogP contribution is 2.26. The van der Waals surface area contributed by atoms with Crippen LogP contribution in [-0.2, 0) is 4.74 Å². The van der Waals surface area contributed by atoms with Crippen LogP contribution in [0.2, 0.25) is 0 Å². The fourth-order valence-corrected chi connectivity index (χ4v) is 2.47. The summed E-state index contributed by atoms with van der Waals surface area (Å²) in [7, 11) is 0. The highest BCUT2D eigenvalue weighted by Gasteiger charge is 2.29. The molecular weight excluding hydrogens is 329 g/mol. The van der Waals surface area contributed by atoms with Gasteiger partial charge in [0, 0.05) is 13.1 Å². The summed E-state index contributed by atoms with van der Waals surface area (Å²) < 4.78 is 20.9. The molecule has 1 fully saturated rings. The van der Waals surface area contributed by atoms with Crippen molar-refractivity contribution >= 4 is 22.0 Å². The number of hydrogen-bond donors (Lipinski definition) is 0. The van der Waals surface area contributed by atoms with Gasteiger partial charge in [-0.25, -0.2) is 9.48 Å². The minimum Gasteiger partial charge on any atom is -0.444 e. The largest absolute Gasteiger partial charge is 0.444 e.